The average molecular weight is 543 g/mol. The van der Waals surface area contributed by atoms with Crippen LogP contribution in [0.2, 0.25) is 0 Å². The Hall–Kier alpha value is -4.10. The summed E-state index contributed by atoms with van der Waals surface area (Å²) < 4.78 is 42.1. The summed E-state index contributed by atoms with van der Waals surface area (Å²) in [5, 5.41) is 14.8. The summed E-state index contributed by atoms with van der Waals surface area (Å²) in [4.78, 5) is 34.5. The van der Waals surface area contributed by atoms with Gasteiger partial charge < -0.3 is 20.6 Å². The standard InChI is InChI=1S/C25H27FN6O5S/c26-21-8-7-18(32-13-9-17(10-14-32)29-25-27-11-4-12-28-25)15-20(21)24(35)30-22(16-23(33)34)31-38(36,37)19-5-2-1-3-6-19/h1-8,11-12,15,17,22,31H,9-10,13-14,16H2,(H,30,35)(H,33,34)(H,27,28,29). The molecule has 1 saturated heterocycles. The van der Waals surface area contributed by atoms with Gasteiger partial charge in [-0.15, -0.1) is 0 Å². The van der Waals surface area contributed by atoms with Crippen LogP contribution in [0, 0.1) is 5.82 Å². The average Bonchev–Trinajstić information content (AvgIpc) is 2.90. The number of halogens is 1. The predicted octanol–water partition coefficient (Wildman–Crippen LogP) is 2.21. The van der Waals surface area contributed by atoms with Crippen LogP contribution in [0.4, 0.5) is 16.0 Å². The minimum Gasteiger partial charge on any atom is -0.481 e. The highest BCUT2D eigenvalue weighted by Gasteiger charge is 2.26. The van der Waals surface area contributed by atoms with Gasteiger partial charge in [-0.25, -0.2) is 22.8 Å². The molecule has 1 aromatic heterocycles. The normalized spacial score (nSPS) is 15.0. The summed E-state index contributed by atoms with van der Waals surface area (Å²) in [7, 11) is -4.14. The zero-order valence-corrected chi connectivity index (χ0v) is 21.1. The minimum absolute atomic E-state index is 0.102. The van der Waals surface area contributed by atoms with Crippen molar-refractivity contribution in [3.8, 4) is 0 Å². The molecule has 2 aromatic carbocycles. The number of anilines is 2. The van der Waals surface area contributed by atoms with E-state index < -0.39 is 40.3 Å². The highest BCUT2D eigenvalue weighted by atomic mass is 32.2. The molecule has 3 aromatic rings. The molecule has 2 heterocycles. The number of piperidine rings is 1. The molecule has 0 saturated carbocycles. The molecule has 0 bridgehead atoms. The van der Waals surface area contributed by atoms with Crippen LogP contribution < -0.4 is 20.3 Å². The smallest absolute Gasteiger partial charge is 0.306 e. The quantitative estimate of drug-likeness (QED) is 0.282. The van der Waals surface area contributed by atoms with Crippen molar-refractivity contribution in [1.82, 2.24) is 20.0 Å². The zero-order valence-electron chi connectivity index (χ0n) is 20.2. The van der Waals surface area contributed by atoms with Gasteiger partial charge in [-0.1, -0.05) is 18.2 Å². The van der Waals surface area contributed by atoms with Crippen LogP contribution in [0.3, 0.4) is 0 Å². The summed E-state index contributed by atoms with van der Waals surface area (Å²) in [6, 6.07) is 13.3. The second-order valence-corrected chi connectivity index (χ2v) is 10.4. The summed E-state index contributed by atoms with van der Waals surface area (Å²) >= 11 is 0. The van der Waals surface area contributed by atoms with Crippen molar-refractivity contribution in [2.75, 3.05) is 23.3 Å². The van der Waals surface area contributed by atoms with E-state index >= 15 is 0 Å². The third kappa shape index (κ3) is 7.01. The Morgan fingerprint density at radius 1 is 1.05 bits per heavy atom. The van der Waals surface area contributed by atoms with Gasteiger partial charge in [0.15, 0.2) is 0 Å². The van der Waals surface area contributed by atoms with E-state index in [9.17, 15) is 27.5 Å². The van der Waals surface area contributed by atoms with Crippen LogP contribution in [-0.2, 0) is 14.8 Å². The van der Waals surface area contributed by atoms with Crippen molar-refractivity contribution in [1.29, 1.82) is 0 Å². The summed E-state index contributed by atoms with van der Waals surface area (Å²) in [5.41, 5.74) is 0.292. The number of nitrogens with one attached hydrogen (secondary N) is 3. The maximum atomic E-state index is 14.6. The molecule has 1 unspecified atom stereocenters. The second kappa shape index (κ2) is 12.0. The number of hydrogen-bond acceptors (Lipinski definition) is 8. The first-order valence-corrected chi connectivity index (χ1v) is 13.4. The molecule has 1 aliphatic rings. The van der Waals surface area contributed by atoms with Gasteiger partial charge in [-0.3, -0.25) is 9.59 Å². The number of carbonyl (C=O) groups excluding carboxylic acids is 1. The van der Waals surface area contributed by atoms with Gasteiger partial charge in [0.2, 0.25) is 16.0 Å². The van der Waals surface area contributed by atoms with Crippen LogP contribution in [-0.4, -0.2) is 60.7 Å². The van der Waals surface area contributed by atoms with Gasteiger partial charge in [-0.05, 0) is 49.2 Å². The van der Waals surface area contributed by atoms with Crippen molar-refractivity contribution < 1.29 is 27.5 Å². The maximum absolute atomic E-state index is 14.6. The van der Waals surface area contributed by atoms with Gasteiger partial charge in [0.1, 0.15) is 12.0 Å². The topological polar surface area (TPSA) is 154 Å². The van der Waals surface area contributed by atoms with Crippen LogP contribution in [0.1, 0.15) is 29.6 Å². The fourth-order valence-electron chi connectivity index (χ4n) is 4.11. The second-order valence-electron chi connectivity index (χ2n) is 8.70. The van der Waals surface area contributed by atoms with Crippen molar-refractivity contribution in [3.05, 3.63) is 78.4 Å². The van der Waals surface area contributed by atoms with E-state index in [1.165, 1.54) is 30.3 Å². The van der Waals surface area contributed by atoms with E-state index in [0.717, 1.165) is 18.9 Å². The van der Waals surface area contributed by atoms with Crippen LogP contribution in [0.15, 0.2) is 71.9 Å². The number of rotatable bonds is 10. The van der Waals surface area contributed by atoms with Gasteiger partial charge in [0.05, 0.1) is 16.9 Å². The zero-order chi connectivity index (χ0) is 27.1. The Kier molecular flexibility index (Phi) is 8.48. The number of carboxylic acid groups (broad SMARTS) is 1. The highest BCUT2D eigenvalue weighted by Crippen LogP contribution is 2.24. The van der Waals surface area contributed by atoms with Gasteiger partial charge in [-0.2, -0.15) is 4.72 Å². The van der Waals surface area contributed by atoms with Crippen LogP contribution in [0.5, 0.6) is 0 Å². The van der Waals surface area contributed by atoms with E-state index in [0.29, 0.717) is 24.7 Å². The van der Waals surface area contributed by atoms with Crippen molar-refractivity contribution in [2.24, 2.45) is 0 Å². The summed E-state index contributed by atoms with van der Waals surface area (Å²) in [6.45, 7) is 1.27. The molecule has 1 fully saturated rings. The largest absolute Gasteiger partial charge is 0.481 e. The van der Waals surface area contributed by atoms with Crippen molar-refractivity contribution >= 4 is 33.5 Å². The first-order valence-electron chi connectivity index (χ1n) is 11.9. The number of aromatic nitrogens is 2. The van der Waals surface area contributed by atoms with Gasteiger partial charge in [0, 0.05) is 37.2 Å². The highest BCUT2D eigenvalue weighted by molar-refractivity contribution is 7.89. The molecule has 1 aliphatic heterocycles. The molecule has 4 N–H and O–H groups in total. The van der Waals surface area contributed by atoms with E-state index in [1.54, 1.807) is 30.6 Å². The molecule has 4 rings (SSSR count). The lowest BCUT2D eigenvalue weighted by molar-refractivity contribution is -0.137. The number of sulfonamides is 1. The van der Waals surface area contributed by atoms with Crippen LogP contribution in [0.25, 0.3) is 0 Å². The molecule has 0 radical (unpaired) electrons. The lowest BCUT2D eigenvalue weighted by Gasteiger charge is -2.34. The molecular formula is C25H27FN6O5S. The Morgan fingerprint density at radius 2 is 1.74 bits per heavy atom. The van der Waals surface area contributed by atoms with Gasteiger partial charge in [0.25, 0.3) is 5.91 Å². The Balaban J connectivity index is 1.43. The molecule has 1 atom stereocenters. The summed E-state index contributed by atoms with van der Waals surface area (Å²) in [6.07, 6.45) is 2.59. The van der Waals surface area contributed by atoms with Crippen molar-refractivity contribution in [3.63, 3.8) is 0 Å². The SMILES string of the molecule is O=C(O)CC(NC(=O)c1cc(N2CCC(Nc3ncccn3)CC2)ccc1F)NS(=O)(=O)c1ccccc1. The third-order valence-electron chi connectivity index (χ3n) is 5.99. The molecule has 38 heavy (non-hydrogen) atoms. The fourth-order valence-corrected chi connectivity index (χ4v) is 5.28. The molecule has 200 valence electrons. The van der Waals surface area contributed by atoms with Gasteiger partial charge >= 0.3 is 5.97 Å². The fraction of sp³-hybridized carbons (Fsp3) is 0.280. The predicted molar refractivity (Wildman–Crippen MR) is 138 cm³/mol. The monoisotopic (exact) mass is 542 g/mol. The minimum atomic E-state index is -4.14. The number of hydrogen-bond donors (Lipinski definition) is 4. The third-order valence-corrected chi connectivity index (χ3v) is 7.48. The summed E-state index contributed by atoms with van der Waals surface area (Å²) in [5.74, 6) is -2.56. The number of benzene rings is 2. The molecule has 13 heteroatoms. The molecule has 0 spiro atoms. The lowest BCUT2D eigenvalue weighted by Crippen LogP contribution is -2.49. The van der Waals surface area contributed by atoms with E-state index in [2.05, 4.69) is 25.3 Å². The first kappa shape index (κ1) is 26.9. The molecule has 0 aliphatic carbocycles. The number of carboxylic acids is 1. The lowest BCUT2D eigenvalue weighted by atomic mass is 10.0. The Bertz CT molecular complexity index is 1370. The van der Waals surface area contributed by atoms with E-state index in [1.807, 2.05) is 4.90 Å². The number of nitrogens with zero attached hydrogens (tertiary/aromatic N) is 3. The molecule has 1 amide bonds. The molecular weight excluding hydrogens is 515 g/mol. The first-order chi connectivity index (χ1) is 18.2. The number of aliphatic carboxylic acids is 1. The van der Waals surface area contributed by atoms with Crippen LogP contribution >= 0.6 is 0 Å². The molecule has 11 nitrogen and oxygen atoms in total. The van der Waals surface area contributed by atoms with Crippen molar-refractivity contribution in [2.45, 2.75) is 36.4 Å². The maximum Gasteiger partial charge on any atom is 0.306 e. The number of carbonyl (C=O) groups is 2. The number of amides is 1. The Morgan fingerprint density at radius 3 is 2.39 bits per heavy atom. The van der Waals surface area contributed by atoms with E-state index in [4.69, 9.17) is 0 Å². The Labute approximate surface area is 219 Å². The van der Waals surface area contributed by atoms with E-state index in [-0.39, 0.29) is 16.5 Å².